The molecule has 0 unspecified atom stereocenters. The van der Waals surface area contributed by atoms with E-state index in [1.54, 1.807) is 17.9 Å². The fourth-order valence-corrected chi connectivity index (χ4v) is 2.05. The first-order valence-electron chi connectivity index (χ1n) is 7.67. The molecule has 0 aliphatic carbocycles. The Morgan fingerprint density at radius 2 is 1.74 bits per heavy atom. The lowest BCUT2D eigenvalue weighted by Crippen LogP contribution is -2.34. The molecule has 0 saturated carbocycles. The zero-order valence-electron chi connectivity index (χ0n) is 14.0. The third-order valence-corrected chi connectivity index (χ3v) is 3.35. The average molecular weight is 321 g/mol. The van der Waals surface area contributed by atoms with Crippen LogP contribution in [-0.4, -0.2) is 48.9 Å². The number of benzene rings is 1. The molecule has 0 heterocycles. The number of ether oxygens (including phenoxy) is 2. The number of Topliss-reactive ketones (excluding diaryl/α,β-unsaturated/α-hetero) is 1. The fourth-order valence-electron chi connectivity index (χ4n) is 2.05. The summed E-state index contributed by atoms with van der Waals surface area (Å²) in [6, 6.07) is 4.50. The van der Waals surface area contributed by atoms with Crippen molar-refractivity contribution in [2.24, 2.45) is 0 Å². The highest BCUT2D eigenvalue weighted by molar-refractivity contribution is 5.99. The second-order valence-corrected chi connectivity index (χ2v) is 4.84. The van der Waals surface area contributed by atoms with Crippen LogP contribution in [0.25, 0.3) is 0 Å². The first-order chi connectivity index (χ1) is 10.9. The SMILES string of the molecule is CCOC(=O)c1cc(C(C)=O)ccc1OCC(=O)N(CC)CC. The Balaban J connectivity index is 2.98. The zero-order chi connectivity index (χ0) is 17.4. The van der Waals surface area contributed by atoms with Gasteiger partial charge in [-0.2, -0.15) is 0 Å². The number of amides is 1. The van der Waals surface area contributed by atoms with Crippen molar-refractivity contribution in [2.45, 2.75) is 27.7 Å². The molecule has 1 aromatic carbocycles. The third kappa shape index (κ3) is 5.09. The Morgan fingerprint density at radius 3 is 2.26 bits per heavy atom. The number of nitrogens with zero attached hydrogens (tertiary/aromatic N) is 1. The number of ketones is 1. The minimum Gasteiger partial charge on any atom is -0.483 e. The van der Waals surface area contributed by atoms with E-state index in [1.165, 1.54) is 19.1 Å². The largest absolute Gasteiger partial charge is 0.483 e. The van der Waals surface area contributed by atoms with Gasteiger partial charge in [0.25, 0.3) is 5.91 Å². The maximum absolute atomic E-state index is 12.0. The molecular formula is C17H23NO5. The molecule has 23 heavy (non-hydrogen) atoms. The molecular weight excluding hydrogens is 298 g/mol. The van der Waals surface area contributed by atoms with Crippen LogP contribution in [0.1, 0.15) is 48.4 Å². The summed E-state index contributed by atoms with van der Waals surface area (Å²) in [7, 11) is 0. The molecule has 1 aromatic rings. The van der Waals surface area contributed by atoms with E-state index >= 15 is 0 Å². The van der Waals surface area contributed by atoms with E-state index in [0.29, 0.717) is 18.7 Å². The molecule has 1 amide bonds. The summed E-state index contributed by atoms with van der Waals surface area (Å²) >= 11 is 0. The first kappa shape index (κ1) is 18.7. The molecule has 0 radical (unpaired) electrons. The van der Waals surface area contributed by atoms with Gasteiger partial charge in [-0.3, -0.25) is 9.59 Å². The highest BCUT2D eigenvalue weighted by Crippen LogP contribution is 2.22. The standard InChI is InChI=1S/C17H23NO5/c1-5-18(6-2)16(20)11-23-15-9-8-13(12(4)19)10-14(15)17(21)22-7-3/h8-10H,5-7,11H2,1-4H3. The summed E-state index contributed by atoms with van der Waals surface area (Å²) < 4.78 is 10.5. The molecule has 0 bridgehead atoms. The number of carbonyl (C=O) groups excluding carboxylic acids is 3. The van der Waals surface area contributed by atoms with Crippen molar-refractivity contribution in [1.29, 1.82) is 0 Å². The second kappa shape index (κ2) is 8.92. The van der Waals surface area contributed by atoms with Gasteiger partial charge in [0.15, 0.2) is 12.4 Å². The molecule has 0 aliphatic heterocycles. The Bertz CT molecular complexity index is 578. The number of hydrogen-bond donors (Lipinski definition) is 0. The van der Waals surface area contributed by atoms with Crippen molar-refractivity contribution >= 4 is 17.7 Å². The van der Waals surface area contributed by atoms with E-state index in [1.807, 2.05) is 13.8 Å². The predicted octanol–water partition coefficient (Wildman–Crippen LogP) is 2.31. The first-order valence-corrected chi connectivity index (χ1v) is 7.67. The maximum atomic E-state index is 12.0. The van der Waals surface area contributed by atoms with Gasteiger partial charge >= 0.3 is 5.97 Å². The molecule has 0 saturated heterocycles. The van der Waals surface area contributed by atoms with Gasteiger partial charge in [-0.15, -0.1) is 0 Å². The molecule has 1 rings (SSSR count). The van der Waals surface area contributed by atoms with Crippen LogP contribution in [0.4, 0.5) is 0 Å². The number of hydrogen-bond acceptors (Lipinski definition) is 5. The summed E-state index contributed by atoms with van der Waals surface area (Å²) in [4.78, 5) is 37.1. The van der Waals surface area contributed by atoms with Crippen LogP contribution in [0.3, 0.4) is 0 Å². The van der Waals surface area contributed by atoms with Crippen molar-refractivity contribution in [2.75, 3.05) is 26.3 Å². The Hall–Kier alpha value is -2.37. The molecule has 0 aromatic heterocycles. The van der Waals surface area contributed by atoms with Crippen molar-refractivity contribution < 1.29 is 23.9 Å². The minimum absolute atomic E-state index is 0.145. The van der Waals surface area contributed by atoms with Gasteiger partial charge in [0.2, 0.25) is 0 Å². The van der Waals surface area contributed by atoms with E-state index in [2.05, 4.69) is 0 Å². The minimum atomic E-state index is -0.583. The van der Waals surface area contributed by atoms with Crippen molar-refractivity contribution in [3.05, 3.63) is 29.3 Å². The lowest BCUT2D eigenvalue weighted by atomic mass is 10.1. The normalized spacial score (nSPS) is 10.1. The number of likely N-dealkylation sites (N-methyl/N-ethyl adjacent to an activating group) is 1. The van der Waals surface area contributed by atoms with Crippen LogP contribution >= 0.6 is 0 Å². The summed E-state index contributed by atoms with van der Waals surface area (Å²) in [5.41, 5.74) is 0.530. The van der Waals surface area contributed by atoms with E-state index in [0.717, 1.165) is 0 Å². The lowest BCUT2D eigenvalue weighted by molar-refractivity contribution is -0.133. The molecule has 0 N–H and O–H groups in total. The Morgan fingerprint density at radius 1 is 1.09 bits per heavy atom. The molecule has 6 heteroatoms. The van der Waals surface area contributed by atoms with E-state index in [9.17, 15) is 14.4 Å². The van der Waals surface area contributed by atoms with Gasteiger partial charge < -0.3 is 14.4 Å². The highest BCUT2D eigenvalue weighted by Gasteiger charge is 2.18. The summed E-state index contributed by atoms with van der Waals surface area (Å²) in [6.07, 6.45) is 0. The predicted molar refractivity (Wildman–Crippen MR) is 85.8 cm³/mol. The van der Waals surface area contributed by atoms with Crippen LogP contribution in [0.5, 0.6) is 5.75 Å². The zero-order valence-corrected chi connectivity index (χ0v) is 14.0. The maximum Gasteiger partial charge on any atom is 0.341 e. The molecule has 0 aliphatic rings. The van der Waals surface area contributed by atoms with E-state index < -0.39 is 5.97 Å². The number of esters is 1. The molecule has 0 atom stereocenters. The van der Waals surface area contributed by atoms with Gasteiger partial charge in [-0.05, 0) is 45.9 Å². The number of carbonyl (C=O) groups is 3. The fraction of sp³-hybridized carbons (Fsp3) is 0.471. The quantitative estimate of drug-likeness (QED) is 0.543. The van der Waals surface area contributed by atoms with Crippen LogP contribution < -0.4 is 4.74 Å². The molecule has 126 valence electrons. The van der Waals surface area contributed by atoms with Crippen molar-refractivity contribution in [3.63, 3.8) is 0 Å². The summed E-state index contributed by atoms with van der Waals surface area (Å²) in [5.74, 6) is -0.684. The monoisotopic (exact) mass is 321 g/mol. The molecule has 0 fully saturated rings. The van der Waals surface area contributed by atoms with Crippen LogP contribution in [0.2, 0.25) is 0 Å². The molecule has 6 nitrogen and oxygen atoms in total. The van der Waals surface area contributed by atoms with Gasteiger partial charge in [-0.1, -0.05) is 0 Å². The van der Waals surface area contributed by atoms with Crippen molar-refractivity contribution in [1.82, 2.24) is 4.90 Å². The van der Waals surface area contributed by atoms with Crippen molar-refractivity contribution in [3.8, 4) is 5.75 Å². The number of rotatable bonds is 8. The average Bonchev–Trinajstić information content (AvgIpc) is 2.54. The van der Waals surface area contributed by atoms with Crippen LogP contribution in [0, 0.1) is 0 Å². The highest BCUT2D eigenvalue weighted by atomic mass is 16.5. The van der Waals surface area contributed by atoms with Gasteiger partial charge in [-0.25, -0.2) is 4.79 Å². The third-order valence-electron chi connectivity index (χ3n) is 3.35. The van der Waals surface area contributed by atoms with E-state index in [-0.39, 0.29) is 36.2 Å². The smallest absolute Gasteiger partial charge is 0.341 e. The second-order valence-electron chi connectivity index (χ2n) is 4.84. The Kier molecular flexibility index (Phi) is 7.25. The van der Waals surface area contributed by atoms with E-state index in [4.69, 9.17) is 9.47 Å². The lowest BCUT2D eigenvalue weighted by Gasteiger charge is -2.19. The summed E-state index contributed by atoms with van der Waals surface area (Å²) in [6.45, 7) is 8.08. The Labute approximate surface area is 136 Å². The topological polar surface area (TPSA) is 72.9 Å². The molecule has 0 spiro atoms. The van der Waals surface area contributed by atoms with Crippen LogP contribution in [0.15, 0.2) is 18.2 Å². The van der Waals surface area contributed by atoms with Crippen LogP contribution in [-0.2, 0) is 9.53 Å². The van der Waals surface area contributed by atoms with Gasteiger partial charge in [0.05, 0.1) is 6.61 Å². The van der Waals surface area contributed by atoms with Gasteiger partial charge in [0.1, 0.15) is 11.3 Å². The van der Waals surface area contributed by atoms with Gasteiger partial charge in [0, 0.05) is 18.7 Å². The summed E-state index contributed by atoms with van der Waals surface area (Å²) in [5, 5.41) is 0.